The third-order valence-corrected chi connectivity index (χ3v) is 2.73. The summed E-state index contributed by atoms with van der Waals surface area (Å²) in [4.78, 5) is 11.0. The fourth-order valence-corrected chi connectivity index (χ4v) is 1.97. The molecule has 0 aromatic rings. The molecule has 0 aromatic carbocycles. The summed E-state index contributed by atoms with van der Waals surface area (Å²) in [7, 11) is 0. The smallest absolute Gasteiger partial charge is 0.309 e. The van der Waals surface area contributed by atoms with Gasteiger partial charge in [0.15, 0.2) is 0 Å². The molecule has 0 amide bonds. The van der Waals surface area contributed by atoms with Gasteiger partial charge in [0.05, 0.1) is 5.92 Å². The summed E-state index contributed by atoms with van der Waals surface area (Å²) in [5, 5.41) is 0. The predicted octanol–water partition coefficient (Wildman–Crippen LogP) is 1.35. The molecule has 1 saturated heterocycles. The summed E-state index contributed by atoms with van der Waals surface area (Å²) < 4.78 is 5.12. The molecule has 0 N–H and O–H groups in total. The predicted molar refractivity (Wildman–Crippen MR) is 36.4 cm³/mol. The molecule has 1 aliphatic heterocycles. The minimum atomic E-state index is 0.0509. The van der Waals surface area contributed by atoms with Crippen LogP contribution in [-0.4, -0.2) is 12.1 Å². The molecule has 0 spiro atoms. The van der Waals surface area contributed by atoms with Crippen molar-refractivity contribution in [2.24, 2.45) is 11.8 Å². The maximum Gasteiger partial charge on any atom is 0.309 e. The van der Waals surface area contributed by atoms with Crippen LogP contribution in [0.25, 0.3) is 0 Å². The van der Waals surface area contributed by atoms with E-state index in [0.717, 1.165) is 12.8 Å². The number of carbonyl (C=O) groups excluding carboxylic acids is 1. The maximum atomic E-state index is 11.0. The van der Waals surface area contributed by atoms with E-state index in [0.29, 0.717) is 5.92 Å². The van der Waals surface area contributed by atoms with Crippen LogP contribution >= 0.6 is 0 Å². The normalized spacial score (nSPS) is 45.3. The zero-order valence-electron chi connectivity index (χ0n) is 6.17. The lowest BCUT2D eigenvalue weighted by atomic mass is 9.81. The van der Waals surface area contributed by atoms with Gasteiger partial charge in [0.2, 0.25) is 0 Å². The van der Waals surface area contributed by atoms with Crippen LogP contribution in [0.2, 0.25) is 0 Å². The van der Waals surface area contributed by atoms with Gasteiger partial charge in [0.1, 0.15) is 6.10 Å². The Labute approximate surface area is 60.6 Å². The topological polar surface area (TPSA) is 26.3 Å². The van der Waals surface area contributed by atoms with Crippen molar-refractivity contribution in [3.05, 3.63) is 0 Å². The van der Waals surface area contributed by atoms with Crippen LogP contribution in [0.1, 0.15) is 26.2 Å². The van der Waals surface area contributed by atoms with E-state index in [1.54, 1.807) is 0 Å². The molecule has 1 saturated carbocycles. The molecule has 1 heterocycles. The molecule has 3 atom stereocenters. The van der Waals surface area contributed by atoms with Crippen LogP contribution in [0.3, 0.4) is 0 Å². The third-order valence-electron chi connectivity index (χ3n) is 2.73. The first-order valence-corrected chi connectivity index (χ1v) is 3.98. The zero-order valence-corrected chi connectivity index (χ0v) is 6.17. The van der Waals surface area contributed by atoms with Gasteiger partial charge >= 0.3 is 5.97 Å². The van der Waals surface area contributed by atoms with Gasteiger partial charge in [-0.05, 0) is 25.2 Å². The van der Waals surface area contributed by atoms with Crippen molar-refractivity contribution in [2.45, 2.75) is 32.3 Å². The standard InChI is InChI=1S/C8H12O2/c1-5-2-3-6-4-7(5)8(9)10-6/h5-7H,2-4H2,1H3/t5-,6-,7-/m1/s1. The van der Waals surface area contributed by atoms with Gasteiger partial charge in [-0.2, -0.15) is 0 Å². The van der Waals surface area contributed by atoms with Crippen LogP contribution in [0, 0.1) is 11.8 Å². The second kappa shape index (κ2) is 1.97. The molecule has 2 fully saturated rings. The number of rotatable bonds is 0. The molecule has 2 rings (SSSR count). The van der Waals surface area contributed by atoms with Crippen molar-refractivity contribution in [2.75, 3.05) is 0 Å². The Morgan fingerprint density at radius 2 is 2.30 bits per heavy atom. The number of carbonyl (C=O) groups is 1. The van der Waals surface area contributed by atoms with Gasteiger partial charge in [-0.3, -0.25) is 4.79 Å². The van der Waals surface area contributed by atoms with Crippen LogP contribution in [0.5, 0.6) is 0 Å². The zero-order chi connectivity index (χ0) is 7.14. The summed E-state index contributed by atoms with van der Waals surface area (Å²) in [6.07, 6.45) is 3.51. The van der Waals surface area contributed by atoms with Gasteiger partial charge in [-0.1, -0.05) is 6.92 Å². The number of fused-ring (bicyclic) bond motifs is 2. The molecule has 0 unspecified atom stereocenters. The first-order valence-electron chi connectivity index (χ1n) is 3.98. The minimum absolute atomic E-state index is 0.0509. The molecule has 2 nitrogen and oxygen atoms in total. The largest absolute Gasteiger partial charge is 0.462 e. The Morgan fingerprint density at radius 3 is 3.00 bits per heavy atom. The van der Waals surface area contributed by atoms with E-state index in [2.05, 4.69) is 6.92 Å². The van der Waals surface area contributed by atoms with Crippen LogP contribution in [0.4, 0.5) is 0 Å². The van der Waals surface area contributed by atoms with Gasteiger partial charge in [-0.15, -0.1) is 0 Å². The number of esters is 1. The van der Waals surface area contributed by atoms with E-state index in [9.17, 15) is 4.79 Å². The highest BCUT2D eigenvalue weighted by Crippen LogP contribution is 2.37. The Bertz CT molecular complexity index is 165. The average Bonchev–Trinajstić information content (AvgIpc) is 2.21. The van der Waals surface area contributed by atoms with E-state index < -0.39 is 0 Å². The fourth-order valence-electron chi connectivity index (χ4n) is 1.97. The average molecular weight is 140 g/mol. The Kier molecular flexibility index (Phi) is 1.22. The highest BCUT2D eigenvalue weighted by Gasteiger charge is 2.41. The summed E-state index contributed by atoms with van der Waals surface area (Å²) in [6.45, 7) is 2.15. The highest BCUT2D eigenvalue weighted by molar-refractivity contribution is 5.75. The first kappa shape index (κ1) is 6.20. The van der Waals surface area contributed by atoms with E-state index in [1.807, 2.05) is 0 Å². The fraction of sp³-hybridized carbons (Fsp3) is 0.875. The van der Waals surface area contributed by atoms with E-state index >= 15 is 0 Å². The molecule has 0 aromatic heterocycles. The molecule has 0 radical (unpaired) electrons. The molecule has 10 heavy (non-hydrogen) atoms. The summed E-state index contributed by atoms with van der Waals surface area (Å²) in [6, 6.07) is 0. The SMILES string of the molecule is C[C@@H]1CC[C@@H]2C[C@H]1C(=O)O2. The Balaban J connectivity index is 2.17. The van der Waals surface area contributed by atoms with Gasteiger partial charge in [-0.25, -0.2) is 0 Å². The van der Waals surface area contributed by atoms with Crippen molar-refractivity contribution < 1.29 is 9.53 Å². The summed E-state index contributed by atoms with van der Waals surface area (Å²) in [5.74, 6) is 0.847. The summed E-state index contributed by atoms with van der Waals surface area (Å²) >= 11 is 0. The first-order chi connectivity index (χ1) is 4.77. The molecule has 2 heteroatoms. The Morgan fingerprint density at radius 1 is 1.50 bits per heavy atom. The van der Waals surface area contributed by atoms with Crippen molar-refractivity contribution >= 4 is 5.97 Å². The second-order valence-electron chi connectivity index (χ2n) is 3.46. The number of hydrogen-bond donors (Lipinski definition) is 0. The van der Waals surface area contributed by atoms with Gasteiger partial charge < -0.3 is 4.74 Å². The van der Waals surface area contributed by atoms with Crippen molar-refractivity contribution in [1.29, 1.82) is 0 Å². The maximum absolute atomic E-state index is 11.0. The minimum Gasteiger partial charge on any atom is -0.462 e. The van der Waals surface area contributed by atoms with Crippen molar-refractivity contribution in [3.63, 3.8) is 0 Å². The van der Waals surface area contributed by atoms with E-state index in [-0.39, 0.29) is 18.0 Å². The Hall–Kier alpha value is -0.530. The van der Waals surface area contributed by atoms with Gasteiger partial charge in [0, 0.05) is 0 Å². The van der Waals surface area contributed by atoms with Crippen LogP contribution < -0.4 is 0 Å². The number of ether oxygens (including phenoxy) is 1. The quantitative estimate of drug-likeness (QED) is 0.475. The molecule has 2 aliphatic rings. The van der Waals surface area contributed by atoms with Gasteiger partial charge in [0.25, 0.3) is 0 Å². The molecule has 56 valence electrons. The highest BCUT2D eigenvalue weighted by atomic mass is 16.6. The van der Waals surface area contributed by atoms with Crippen molar-refractivity contribution in [3.8, 4) is 0 Å². The lowest BCUT2D eigenvalue weighted by molar-refractivity contribution is -0.143. The summed E-state index contributed by atoms with van der Waals surface area (Å²) in [5.41, 5.74) is 0. The van der Waals surface area contributed by atoms with E-state index in [1.165, 1.54) is 6.42 Å². The van der Waals surface area contributed by atoms with E-state index in [4.69, 9.17) is 4.74 Å². The van der Waals surface area contributed by atoms with Crippen LogP contribution in [0.15, 0.2) is 0 Å². The monoisotopic (exact) mass is 140 g/mol. The number of hydrogen-bond acceptors (Lipinski definition) is 2. The second-order valence-corrected chi connectivity index (χ2v) is 3.46. The van der Waals surface area contributed by atoms with Crippen molar-refractivity contribution in [1.82, 2.24) is 0 Å². The molecule has 1 aliphatic carbocycles. The lowest BCUT2D eigenvalue weighted by Gasteiger charge is -2.20. The third kappa shape index (κ3) is 0.746. The molecular formula is C8H12O2. The van der Waals surface area contributed by atoms with Crippen LogP contribution in [-0.2, 0) is 9.53 Å². The molecule has 2 bridgehead atoms. The molecular weight excluding hydrogens is 128 g/mol. The lowest BCUT2D eigenvalue weighted by Crippen LogP contribution is -2.19.